The molecular weight excluding hydrogens is 390 g/mol. The number of carboxylic acids is 1. The lowest BCUT2D eigenvalue weighted by Crippen LogP contribution is -2.29. The average Bonchev–Trinajstić information content (AvgIpc) is 3.18. The van der Waals surface area contributed by atoms with Crippen LogP contribution in [0.5, 0.6) is 0 Å². The Balaban J connectivity index is 1.69. The van der Waals surface area contributed by atoms with Crippen LogP contribution in [0.15, 0.2) is 45.7 Å². The molecule has 1 N–H and O–H groups in total. The number of hydrogen-bond acceptors (Lipinski definition) is 5. The summed E-state index contributed by atoms with van der Waals surface area (Å²) in [5.41, 5.74) is 0.741. The number of furan rings is 1. The van der Waals surface area contributed by atoms with Gasteiger partial charge < -0.3 is 9.52 Å². The maximum absolute atomic E-state index is 12.4. The van der Waals surface area contributed by atoms with Crippen LogP contribution in [0.2, 0.25) is 5.02 Å². The molecule has 0 atom stereocenters. The lowest BCUT2D eigenvalue weighted by Gasteiger charge is -2.11. The highest BCUT2D eigenvalue weighted by Crippen LogP contribution is 2.34. The Hall–Kier alpha value is -2.51. The number of thioether (sulfide) groups is 1. The molecule has 27 heavy (non-hydrogen) atoms. The van der Waals surface area contributed by atoms with Crippen LogP contribution in [0.25, 0.3) is 17.4 Å². The summed E-state index contributed by atoms with van der Waals surface area (Å²) in [6.07, 6.45) is 2.41. The molecule has 1 fully saturated rings. The molecule has 8 heteroatoms. The fourth-order valence-electron chi connectivity index (χ4n) is 2.60. The van der Waals surface area contributed by atoms with Crippen molar-refractivity contribution in [2.45, 2.75) is 19.3 Å². The Bertz CT molecular complexity index is 920. The van der Waals surface area contributed by atoms with Crippen molar-refractivity contribution in [1.82, 2.24) is 4.90 Å². The van der Waals surface area contributed by atoms with E-state index in [4.69, 9.17) is 21.1 Å². The summed E-state index contributed by atoms with van der Waals surface area (Å²) in [6.45, 7) is 0.207. The van der Waals surface area contributed by atoms with Crippen LogP contribution >= 0.6 is 23.4 Å². The molecule has 0 spiro atoms. The van der Waals surface area contributed by atoms with E-state index in [1.807, 2.05) is 18.2 Å². The Morgan fingerprint density at radius 1 is 1.19 bits per heavy atom. The first-order valence-electron chi connectivity index (χ1n) is 8.27. The number of carboxylic acid groups (broad SMARTS) is 1. The molecule has 1 aliphatic heterocycles. The SMILES string of the molecule is O=C(O)CCCCN1C(=O)SC(=Cc2ccc(-c3ccccc3Cl)o2)C1=O. The molecule has 140 valence electrons. The normalized spacial score (nSPS) is 15.7. The van der Waals surface area contributed by atoms with Gasteiger partial charge in [0.25, 0.3) is 11.1 Å². The van der Waals surface area contributed by atoms with Gasteiger partial charge in [-0.3, -0.25) is 19.3 Å². The number of hydrogen-bond donors (Lipinski definition) is 1. The van der Waals surface area contributed by atoms with Gasteiger partial charge in [-0.2, -0.15) is 0 Å². The third kappa shape index (κ3) is 4.61. The third-order valence-corrected chi connectivity index (χ3v) is 5.17. The molecule has 0 bridgehead atoms. The number of unbranched alkanes of at least 4 members (excludes halogenated alkanes) is 1. The van der Waals surface area contributed by atoms with E-state index in [1.54, 1.807) is 18.2 Å². The summed E-state index contributed by atoms with van der Waals surface area (Å²) >= 11 is 7.00. The number of carbonyl (C=O) groups excluding carboxylic acids is 2. The van der Waals surface area contributed by atoms with Crippen LogP contribution in [0.3, 0.4) is 0 Å². The van der Waals surface area contributed by atoms with Gasteiger partial charge in [0.1, 0.15) is 11.5 Å². The van der Waals surface area contributed by atoms with Crippen molar-refractivity contribution in [2.75, 3.05) is 6.54 Å². The van der Waals surface area contributed by atoms with Crippen LogP contribution in [0.4, 0.5) is 4.79 Å². The van der Waals surface area contributed by atoms with Crippen LogP contribution in [-0.2, 0) is 9.59 Å². The molecule has 2 heterocycles. The second kappa shape index (κ2) is 8.45. The third-order valence-electron chi connectivity index (χ3n) is 3.94. The lowest BCUT2D eigenvalue weighted by molar-refractivity contribution is -0.137. The van der Waals surface area contributed by atoms with E-state index in [9.17, 15) is 14.4 Å². The van der Waals surface area contributed by atoms with E-state index in [-0.39, 0.29) is 23.1 Å². The van der Waals surface area contributed by atoms with Gasteiger partial charge in [-0.25, -0.2) is 0 Å². The molecule has 1 aliphatic rings. The molecule has 1 saturated heterocycles. The summed E-state index contributed by atoms with van der Waals surface area (Å²) < 4.78 is 5.73. The number of carbonyl (C=O) groups is 3. The maximum Gasteiger partial charge on any atom is 0.303 e. The van der Waals surface area contributed by atoms with Crippen molar-refractivity contribution < 1.29 is 23.9 Å². The first-order valence-corrected chi connectivity index (χ1v) is 9.47. The molecule has 6 nitrogen and oxygen atoms in total. The van der Waals surface area contributed by atoms with E-state index in [1.165, 1.54) is 6.08 Å². The van der Waals surface area contributed by atoms with Gasteiger partial charge in [-0.15, -0.1) is 0 Å². The lowest BCUT2D eigenvalue weighted by atomic mass is 10.2. The summed E-state index contributed by atoms with van der Waals surface area (Å²) in [5.74, 6) is -0.270. The molecular formula is C19H16ClNO5S. The van der Waals surface area contributed by atoms with Crippen molar-refractivity contribution in [3.63, 3.8) is 0 Å². The average molecular weight is 406 g/mol. The molecule has 0 unspecified atom stereocenters. The van der Waals surface area contributed by atoms with Crippen molar-refractivity contribution in [2.24, 2.45) is 0 Å². The highest BCUT2D eigenvalue weighted by molar-refractivity contribution is 8.18. The predicted octanol–water partition coefficient (Wildman–Crippen LogP) is 4.89. The number of benzene rings is 1. The standard InChI is InChI=1S/C19H16ClNO5S/c20-14-6-2-1-5-13(14)15-9-8-12(26-15)11-16-18(24)21(19(25)27-16)10-4-3-7-17(22)23/h1-2,5-6,8-9,11H,3-4,7,10H2,(H,22,23). The molecule has 2 amide bonds. The van der Waals surface area contributed by atoms with Gasteiger partial charge in [0.05, 0.1) is 9.93 Å². The first-order chi connectivity index (χ1) is 13.0. The topological polar surface area (TPSA) is 87.8 Å². The van der Waals surface area contributed by atoms with E-state index in [0.717, 1.165) is 22.2 Å². The fourth-order valence-corrected chi connectivity index (χ4v) is 3.68. The Labute approximate surface area is 164 Å². The molecule has 3 rings (SSSR count). The Morgan fingerprint density at radius 3 is 2.70 bits per heavy atom. The Kier molecular flexibility index (Phi) is 6.03. The van der Waals surface area contributed by atoms with Gasteiger partial charge >= 0.3 is 5.97 Å². The van der Waals surface area contributed by atoms with Crippen LogP contribution in [0.1, 0.15) is 25.0 Å². The van der Waals surface area contributed by atoms with E-state index in [2.05, 4.69) is 0 Å². The number of imide groups is 1. The molecule has 0 radical (unpaired) electrons. The highest BCUT2D eigenvalue weighted by Gasteiger charge is 2.34. The van der Waals surface area contributed by atoms with E-state index < -0.39 is 11.9 Å². The molecule has 1 aromatic heterocycles. The fraction of sp³-hybridized carbons (Fsp3) is 0.211. The monoisotopic (exact) mass is 405 g/mol. The number of halogens is 1. The Morgan fingerprint density at radius 2 is 1.96 bits per heavy atom. The number of amides is 2. The van der Waals surface area contributed by atoms with Crippen molar-refractivity contribution in [3.8, 4) is 11.3 Å². The molecule has 2 aromatic rings. The van der Waals surface area contributed by atoms with Crippen molar-refractivity contribution >= 4 is 46.6 Å². The summed E-state index contributed by atoms with van der Waals surface area (Å²) in [4.78, 5) is 36.4. The zero-order valence-electron chi connectivity index (χ0n) is 14.2. The maximum atomic E-state index is 12.4. The van der Waals surface area contributed by atoms with Crippen LogP contribution < -0.4 is 0 Å². The van der Waals surface area contributed by atoms with Gasteiger partial charge in [-0.05, 0) is 48.9 Å². The summed E-state index contributed by atoms with van der Waals surface area (Å²) in [7, 11) is 0. The van der Waals surface area contributed by atoms with Crippen LogP contribution in [-0.4, -0.2) is 33.7 Å². The number of nitrogens with zero attached hydrogens (tertiary/aromatic N) is 1. The van der Waals surface area contributed by atoms with Gasteiger partial charge in [0.2, 0.25) is 0 Å². The van der Waals surface area contributed by atoms with Crippen molar-refractivity contribution in [1.29, 1.82) is 0 Å². The van der Waals surface area contributed by atoms with Gasteiger partial charge in [0, 0.05) is 24.6 Å². The smallest absolute Gasteiger partial charge is 0.303 e. The molecule has 1 aromatic carbocycles. The first kappa shape index (κ1) is 19.3. The minimum atomic E-state index is -0.892. The zero-order chi connectivity index (χ0) is 19.4. The molecule has 0 aliphatic carbocycles. The van der Waals surface area contributed by atoms with Crippen molar-refractivity contribution in [3.05, 3.63) is 52.1 Å². The summed E-state index contributed by atoms with van der Waals surface area (Å²) in [6, 6.07) is 10.7. The van der Waals surface area contributed by atoms with E-state index >= 15 is 0 Å². The minimum absolute atomic E-state index is 0.0171. The van der Waals surface area contributed by atoms with Gasteiger partial charge in [0.15, 0.2) is 0 Å². The quantitative estimate of drug-likeness (QED) is 0.521. The highest BCUT2D eigenvalue weighted by atomic mass is 35.5. The zero-order valence-corrected chi connectivity index (χ0v) is 15.8. The number of aliphatic carboxylic acids is 1. The molecule has 0 saturated carbocycles. The summed E-state index contributed by atoms with van der Waals surface area (Å²) in [5, 5.41) is 8.83. The predicted molar refractivity (Wildman–Crippen MR) is 103 cm³/mol. The number of rotatable bonds is 7. The second-order valence-electron chi connectivity index (χ2n) is 5.87. The minimum Gasteiger partial charge on any atom is -0.481 e. The second-order valence-corrected chi connectivity index (χ2v) is 7.27. The largest absolute Gasteiger partial charge is 0.481 e. The van der Waals surface area contributed by atoms with Gasteiger partial charge in [-0.1, -0.05) is 23.7 Å². The van der Waals surface area contributed by atoms with E-state index in [0.29, 0.717) is 29.4 Å². The van der Waals surface area contributed by atoms with Crippen LogP contribution in [0, 0.1) is 0 Å².